The molecule has 0 bridgehead atoms. The molecular weight excluding hydrogens is 378 g/mol. The number of carbonyl (C=O) groups excluding carboxylic acids is 1. The molecule has 1 aliphatic rings. The zero-order valence-electron chi connectivity index (χ0n) is 12.8. The van der Waals surface area contributed by atoms with Gasteiger partial charge in [-0.15, -0.1) is 0 Å². The predicted octanol–water partition coefficient (Wildman–Crippen LogP) is 4.94. The number of nitrogens with zero attached hydrogens (tertiary/aromatic N) is 1. The molecule has 0 fully saturated rings. The van der Waals surface area contributed by atoms with Crippen molar-refractivity contribution in [1.29, 1.82) is 0 Å². The van der Waals surface area contributed by atoms with Gasteiger partial charge in [0.25, 0.3) is 0 Å². The number of halogens is 1. The van der Waals surface area contributed by atoms with Gasteiger partial charge in [0, 0.05) is 10.8 Å². The Bertz CT molecular complexity index is 891. The molecule has 0 atom stereocenters. The molecule has 0 unspecified atom stereocenters. The molecule has 25 heavy (non-hydrogen) atoms. The standard InChI is InChI=1S/C18H12ClNO3S2/c19-14-4-2-1-3-13(14)10-24-18-20-15(17(23)25-18)9-11-5-7-12(8-6-11)16(21)22/h1-9H,10H2,(H,21,22)/b15-9+. The van der Waals surface area contributed by atoms with Crippen molar-refractivity contribution >= 4 is 56.7 Å². The zero-order chi connectivity index (χ0) is 17.8. The smallest absolute Gasteiger partial charge is 0.335 e. The maximum atomic E-state index is 12.1. The largest absolute Gasteiger partial charge is 0.478 e. The molecule has 0 saturated carbocycles. The van der Waals surface area contributed by atoms with E-state index in [2.05, 4.69) is 4.99 Å². The Morgan fingerprint density at radius 2 is 1.92 bits per heavy atom. The van der Waals surface area contributed by atoms with E-state index >= 15 is 0 Å². The molecule has 0 amide bonds. The van der Waals surface area contributed by atoms with Crippen LogP contribution >= 0.6 is 35.1 Å². The van der Waals surface area contributed by atoms with Crippen molar-refractivity contribution in [1.82, 2.24) is 0 Å². The molecule has 0 radical (unpaired) electrons. The highest BCUT2D eigenvalue weighted by molar-refractivity contribution is 8.45. The van der Waals surface area contributed by atoms with Crippen LogP contribution in [0, 0.1) is 0 Å². The molecule has 3 rings (SSSR count). The minimum absolute atomic E-state index is 0.121. The van der Waals surface area contributed by atoms with E-state index in [1.54, 1.807) is 18.2 Å². The lowest BCUT2D eigenvalue weighted by atomic mass is 10.1. The van der Waals surface area contributed by atoms with Gasteiger partial charge in [-0.2, -0.15) is 0 Å². The van der Waals surface area contributed by atoms with Crippen molar-refractivity contribution < 1.29 is 14.7 Å². The lowest BCUT2D eigenvalue weighted by Crippen LogP contribution is -1.95. The normalized spacial score (nSPS) is 15.5. The van der Waals surface area contributed by atoms with Crippen LogP contribution in [0.4, 0.5) is 0 Å². The van der Waals surface area contributed by atoms with Crippen LogP contribution in [-0.4, -0.2) is 20.6 Å². The summed E-state index contributed by atoms with van der Waals surface area (Å²) in [5, 5.41) is 9.47. The fourth-order valence-electron chi connectivity index (χ4n) is 2.09. The van der Waals surface area contributed by atoms with Crippen molar-refractivity contribution in [2.75, 3.05) is 0 Å². The van der Waals surface area contributed by atoms with Crippen molar-refractivity contribution in [3.8, 4) is 0 Å². The van der Waals surface area contributed by atoms with Gasteiger partial charge in [-0.3, -0.25) is 4.79 Å². The van der Waals surface area contributed by atoms with E-state index in [4.69, 9.17) is 16.7 Å². The van der Waals surface area contributed by atoms with Crippen LogP contribution in [0.3, 0.4) is 0 Å². The zero-order valence-corrected chi connectivity index (χ0v) is 15.2. The lowest BCUT2D eigenvalue weighted by Gasteiger charge is -2.02. The molecule has 0 aliphatic carbocycles. The second kappa shape index (κ2) is 7.91. The average molecular weight is 390 g/mol. The Hall–Kier alpha value is -2.02. The number of benzene rings is 2. The summed E-state index contributed by atoms with van der Waals surface area (Å²) in [6.45, 7) is 0. The van der Waals surface area contributed by atoms with Crippen molar-refractivity contribution in [3.63, 3.8) is 0 Å². The number of aromatic carboxylic acids is 1. The van der Waals surface area contributed by atoms with Crippen LogP contribution in [0.15, 0.2) is 59.2 Å². The first-order valence-electron chi connectivity index (χ1n) is 7.25. The van der Waals surface area contributed by atoms with Crippen molar-refractivity contribution in [2.45, 2.75) is 5.75 Å². The minimum atomic E-state index is -0.983. The van der Waals surface area contributed by atoms with E-state index in [0.29, 0.717) is 20.8 Å². The summed E-state index contributed by atoms with van der Waals surface area (Å²) >= 11 is 8.69. The van der Waals surface area contributed by atoms with E-state index < -0.39 is 5.97 Å². The summed E-state index contributed by atoms with van der Waals surface area (Å²) in [4.78, 5) is 27.3. The molecule has 1 aliphatic heterocycles. The summed E-state index contributed by atoms with van der Waals surface area (Å²) < 4.78 is 0.679. The van der Waals surface area contributed by atoms with Gasteiger partial charge in [0.15, 0.2) is 0 Å². The number of hydrogen-bond donors (Lipinski definition) is 1. The van der Waals surface area contributed by atoms with Crippen LogP contribution in [0.1, 0.15) is 21.5 Å². The fourth-order valence-corrected chi connectivity index (χ4v) is 4.21. The van der Waals surface area contributed by atoms with Gasteiger partial charge in [-0.25, -0.2) is 9.79 Å². The van der Waals surface area contributed by atoms with Crippen LogP contribution in [0.25, 0.3) is 6.08 Å². The summed E-state index contributed by atoms with van der Waals surface area (Å²) in [6, 6.07) is 13.9. The molecule has 126 valence electrons. The van der Waals surface area contributed by atoms with Gasteiger partial charge >= 0.3 is 5.97 Å². The first-order valence-corrected chi connectivity index (χ1v) is 9.43. The Labute approximate surface area is 158 Å². The Morgan fingerprint density at radius 3 is 2.60 bits per heavy atom. The number of aliphatic imine (C=N–C) groups is 1. The number of carboxylic acids is 1. The second-order valence-electron chi connectivity index (χ2n) is 5.10. The van der Waals surface area contributed by atoms with Crippen LogP contribution < -0.4 is 0 Å². The molecule has 4 nitrogen and oxygen atoms in total. The van der Waals surface area contributed by atoms with Gasteiger partial charge < -0.3 is 5.11 Å². The van der Waals surface area contributed by atoms with Crippen LogP contribution in [-0.2, 0) is 10.5 Å². The van der Waals surface area contributed by atoms with E-state index in [-0.39, 0.29) is 10.7 Å². The summed E-state index contributed by atoms with van der Waals surface area (Å²) in [5.41, 5.74) is 2.28. The Kier molecular flexibility index (Phi) is 5.63. The highest BCUT2D eigenvalue weighted by atomic mass is 35.5. The van der Waals surface area contributed by atoms with Gasteiger partial charge in [0.1, 0.15) is 10.1 Å². The number of hydrogen-bond acceptors (Lipinski definition) is 5. The fraction of sp³-hybridized carbons (Fsp3) is 0.0556. The number of carbonyl (C=O) groups is 2. The average Bonchev–Trinajstić information content (AvgIpc) is 2.94. The molecule has 2 aromatic rings. The Morgan fingerprint density at radius 1 is 1.20 bits per heavy atom. The molecule has 0 spiro atoms. The van der Waals surface area contributed by atoms with Gasteiger partial charge in [-0.05, 0) is 47.2 Å². The third kappa shape index (κ3) is 4.54. The molecule has 0 aromatic heterocycles. The Balaban J connectivity index is 1.71. The molecule has 0 saturated heterocycles. The number of thioether (sulfide) groups is 2. The maximum Gasteiger partial charge on any atom is 0.335 e. The van der Waals surface area contributed by atoms with Gasteiger partial charge in [0.2, 0.25) is 5.12 Å². The summed E-state index contributed by atoms with van der Waals surface area (Å²) in [7, 11) is 0. The topological polar surface area (TPSA) is 66.7 Å². The predicted molar refractivity (Wildman–Crippen MR) is 104 cm³/mol. The molecular formula is C18H12ClNO3S2. The van der Waals surface area contributed by atoms with Gasteiger partial charge in [0.05, 0.1) is 5.56 Å². The third-order valence-corrected chi connectivity index (χ3v) is 5.80. The second-order valence-corrected chi connectivity index (χ2v) is 7.70. The highest BCUT2D eigenvalue weighted by Crippen LogP contribution is 2.33. The monoisotopic (exact) mass is 389 g/mol. The van der Waals surface area contributed by atoms with Crippen molar-refractivity contribution in [2.24, 2.45) is 4.99 Å². The van der Waals surface area contributed by atoms with E-state index in [0.717, 1.165) is 22.9 Å². The molecule has 1 N–H and O–H groups in total. The third-order valence-electron chi connectivity index (χ3n) is 3.37. The summed E-state index contributed by atoms with van der Waals surface area (Å²) in [6.07, 6.45) is 1.66. The van der Waals surface area contributed by atoms with Crippen LogP contribution in [0.2, 0.25) is 5.02 Å². The highest BCUT2D eigenvalue weighted by Gasteiger charge is 2.22. The SMILES string of the molecule is O=C1SC(SCc2ccccc2Cl)=N/C1=C/c1ccc(C(=O)O)cc1. The number of rotatable bonds is 4. The first-order chi connectivity index (χ1) is 12.0. The summed E-state index contributed by atoms with van der Waals surface area (Å²) in [5.74, 6) is -0.345. The maximum absolute atomic E-state index is 12.1. The van der Waals surface area contributed by atoms with E-state index in [9.17, 15) is 9.59 Å². The molecule has 2 aromatic carbocycles. The molecule has 1 heterocycles. The van der Waals surface area contributed by atoms with Crippen molar-refractivity contribution in [3.05, 3.63) is 75.9 Å². The van der Waals surface area contributed by atoms with Crippen LogP contribution in [0.5, 0.6) is 0 Å². The van der Waals surface area contributed by atoms with Gasteiger partial charge in [-0.1, -0.05) is 53.7 Å². The molecule has 7 heteroatoms. The number of carboxylic acid groups (broad SMARTS) is 1. The first kappa shape index (κ1) is 17.8. The lowest BCUT2D eigenvalue weighted by molar-refractivity contribution is -0.107. The minimum Gasteiger partial charge on any atom is -0.478 e. The van der Waals surface area contributed by atoms with E-state index in [1.807, 2.05) is 24.3 Å². The quantitative estimate of drug-likeness (QED) is 0.750. The van der Waals surface area contributed by atoms with E-state index in [1.165, 1.54) is 23.9 Å².